The molecule has 132 valence electrons. The fourth-order valence-corrected chi connectivity index (χ4v) is 2.80. The minimum absolute atomic E-state index is 0.0189. The molecule has 3 rings (SSSR count). The van der Waals surface area contributed by atoms with Crippen LogP contribution in [0.4, 0.5) is 11.4 Å². The summed E-state index contributed by atoms with van der Waals surface area (Å²) in [6.07, 6.45) is 0. The van der Waals surface area contributed by atoms with Crippen LogP contribution in [0.5, 0.6) is 0 Å². The minimum atomic E-state index is -0.578. The topological polar surface area (TPSA) is 85.4 Å². The van der Waals surface area contributed by atoms with Gasteiger partial charge < -0.3 is 9.73 Å². The van der Waals surface area contributed by atoms with Crippen molar-refractivity contribution in [1.29, 1.82) is 0 Å². The van der Waals surface area contributed by atoms with Crippen molar-refractivity contribution in [2.75, 3.05) is 5.32 Å². The highest BCUT2D eigenvalue weighted by Crippen LogP contribution is 2.32. The first-order valence-electron chi connectivity index (χ1n) is 7.15. The number of rotatable bonds is 4. The average Bonchev–Trinajstić information content (AvgIpc) is 3.08. The summed E-state index contributed by atoms with van der Waals surface area (Å²) in [6, 6.07) is 11.7. The van der Waals surface area contributed by atoms with Crippen LogP contribution in [0.3, 0.4) is 0 Å². The number of carbonyl (C=O) groups is 1. The van der Waals surface area contributed by atoms with Gasteiger partial charge in [-0.15, -0.1) is 0 Å². The molecule has 0 unspecified atom stereocenters. The zero-order valence-corrected chi connectivity index (χ0v) is 15.1. The Balaban J connectivity index is 1.83. The van der Waals surface area contributed by atoms with E-state index < -0.39 is 10.8 Å². The molecule has 0 spiro atoms. The summed E-state index contributed by atoms with van der Waals surface area (Å²) in [7, 11) is 0. The van der Waals surface area contributed by atoms with Crippen molar-refractivity contribution in [3.63, 3.8) is 0 Å². The van der Waals surface area contributed by atoms with E-state index in [0.717, 1.165) is 6.07 Å². The fraction of sp³-hybridized carbons (Fsp3) is 0. The highest BCUT2D eigenvalue weighted by atomic mass is 35.5. The van der Waals surface area contributed by atoms with Crippen molar-refractivity contribution < 1.29 is 14.1 Å². The van der Waals surface area contributed by atoms with Gasteiger partial charge in [-0.25, -0.2) is 0 Å². The van der Waals surface area contributed by atoms with Gasteiger partial charge >= 0.3 is 0 Å². The lowest BCUT2D eigenvalue weighted by atomic mass is 10.2. The number of hydrogen-bond acceptors (Lipinski definition) is 4. The molecule has 0 fully saturated rings. The molecular weight excluding hydrogens is 403 g/mol. The molecule has 9 heteroatoms. The molecule has 6 nitrogen and oxygen atoms in total. The van der Waals surface area contributed by atoms with E-state index in [4.69, 9.17) is 39.2 Å². The van der Waals surface area contributed by atoms with Crippen LogP contribution in [0.1, 0.15) is 10.6 Å². The number of non-ortho nitro benzene ring substituents is 1. The van der Waals surface area contributed by atoms with Crippen molar-refractivity contribution in [2.24, 2.45) is 0 Å². The second-order valence-electron chi connectivity index (χ2n) is 5.16. The van der Waals surface area contributed by atoms with E-state index in [1.807, 2.05) is 0 Å². The molecule has 26 heavy (non-hydrogen) atoms. The number of benzene rings is 2. The van der Waals surface area contributed by atoms with Crippen LogP contribution in [0.25, 0.3) is 11.3 Å². The smallest absolute Gasteiger partial charge is 0.291 e. The van der Waals surface area contributed by atoms with Crippen LogP contribution in [-0.2, 0) is 0 Å². The van der Waals surface area contributed by atoms with E-state index >= 15 is 0 Å². The maximum absolute atomic E-state index is 12.3. The minimum Gasteiger partial charge on any atom is -0.451 e. The van der Waals surface area contributed by atoms with Crippen LogP contribution < -0.4 is 5.32 Å². The Morgan fingerprint density at radius 1 is 1.00 bits per heavy atom. The van der Waals surface area contributed by atoms with Crippen molar-refractivity contribution in [2.45, 2.75) is 0 Å². The molecule has 0 atom stereocenters. The molecule has 2 aromatic carbocycles. The lowest BCUT2D eigenvalue weighted by Crippen LogP contribution is -2.11. The number of halogens is 3. The van der Waals surface area contributed by atoms with E-state index in [2.05, 4.69) is 5.32 Å². The molecule has 1 aromatic heterocycles. The summed E-state index contributed by atoms with van der Waals surface area (Å²) in [5.41, 5.74) is 0.594. The number of carbonyl (C=O) groups excluding carboxylic acids is 1. The number of nitro benzene ring substituents is 1. The summed E-state index contributed by atoms with van der Waals surface area (Å²) in [4.78, 5) is 22.5. The zero-order chi connectivity index (χ0) is 18.8. The van der Waals surface area contributed by atoms with E-state index in [1.54, 1.807) is 24.3 Å². The zero-order valence-electron chi connectivity index (χ0n) is 12.8. The van der Waals surface area contributed by atoms with E-state index in [-0.39, 0.29) is 22.2 Å². The second-order valence-corrected chi connectivity index (χ2v) is 6.41. The molecule has 0 saturated carbocycles. The van der Waals surface area contributed by atoms with Gasteiger partial charge in [0.05, 0.1) is 20.7 Å². The van der Waals surface area contributed by atoms with Gasteiger partial charge in [0.15, 0.2) is 5.76 Å². The summed E-state index contributed by atoms with van der Waals surface area (Å²) in [5, 5.41) is 14.2. The molecule has 0 aliphatic heterocycles. The SMILES string of the molecule is O=C(Nc1ccc([N+](=O)[O-])cc1Cl)c1ccc(-c2cc(Cl)ccc2Cl)o1. The van der Waals surface area contributed by atoms with Gasteiger partial charge in [-0.3, -0.25) is 14.9 Å². The molecule has 1 heterocycles. The first-order valence-corrected chi connectivity index (χ1v) is 8.29. The monoisotopic (exact) mass is 410 g/mol. The molecule has 0 aliphatic rings. The highest BCUT2D eigenvalue weighted by molar-refractivity contribution is 6.35. The molecular formula is C17H9Cl3N2O4. The lowest BCUT2D eigenvalue weighted by Gasteiger charge is -2.05. The number of nitrogens with one attached hydrogen (secondary N) is 1. The largest absolute Gasteiger partial charge is 0.451 e. The van der Waals surface area contributed by atoms with E-state index in [0.29, 0.717) is 21.4 Å². The van der Waals surface area contributed by atoms with Gasteiger partial charge in [0.25, 0.3) is 11.6 Å². The predicted molar refractivity (Wildman–Crippen MR) is 100 cm³/mol. The van der Waals surface area contributed by atoms with Crippen LogP contribution in [0.2, 0.25) is 15.1 Å². The van der Waals surface area contributed by atoms with Gasteiger partial charge in [-0.1, -0.05) is 34.8 Å². The molecule has 0 aliphatic carbocycles. The summed E-state index contributed by atoms with van der Waals surface area (Å²) >= 11 is 18.0. The Morgan fingerprint density at radius 3 is 2.46 bits per heavy atom. The Hall–Kier alpha value is -2.54. The third-order valence-corrected chi connectivity index (χ3v) is 4.31. The number of furan rings is 1. The van der Waals surface area contributed by atoms with Crippen molar-refractivity contribution >= 4 is 52.1 Å². The summed E-state index contributed by atoms with van der Waals surface area (Å²) in [6.45, 7) is 0. The third kappa shape index (κ3) is 3.83. The van der Waals surface area contributed by atoms with Crippen LogP contribution in [-0.4, -0.2) is 10.8 Å². The number of nitrogens with zero attached hydrogens (tertiary/aromatic N) is 1. The molecule has 1 N–H and O–H groups in total. The molecule has 3 aromatic rings. The average molecular weight is 412 g/mol. The summed E-state index contributed by atoms with van der Waals surface area (Å²) in [5.74, 6) is -0.173. The first-order chi connectivity index (χ1) is 12.3. The number of amides is 1. The molecule has 0 bridgehead atoms. The van der Waals surface area contributed by atoms with Gasteiger partial charge in [-0.2, -0.15) is 0 Å². The fourth-order valence-electron chi connectivity index (χ4n) is 2.19. The van der Waals surface area contributed by atoms with E-state index in [1.165, 1.54) is 18.2 Å². The Morgan fingerprint density at radius 2 is 1.77 bits per heavy atom. The maximum atomic E-state index is 12.3. The quantitative estimate of drug-likeness (QED) is 0.417. The van der Waals surface area contributed by atoms with Crippen LogP contribution in [0, 0.1) is 10.1 Å². The van der Waals surface area contributed by atoms with Crippen LogP contribution in [0.15, 0.2) is 52.9 Å². The van der Waals surface area contributed by atoms with Crippen molar-refractivity contribution in [1.82, 2.24) is 0 Å². The van der Waals surface area contributed by atoms with Gasteiger partial charge in [0, 0.05) is 22.7 Å². The summed E-state index contributed by atoms with van der Waals surface area (Å²) < 4.78 is 5.53. The van der Waals surface area contributed by atoms with Gasteiger partial charge in [-0.05, 0) is 36.4 Å². The van der Waals surface area contributed by atoms with Gasteiger partial charge in [0.2, 0.25) is 0 Å². The van der Waals surface area contributed by atoms with Crippen molar-refractivity contribution in [3.05, 3.63) is 79.5 Å². The third-order valence-electron chi connectivity index (χ3n) is 3.44. The molecule has 0 saturated heterocycles. The van der Waals surface area contributed by atoms with Crippen LogP contribution >= 0.6 is 34.8 Å². The lowest BCUT2D eigenvalue weighted by molar-refractivity contribution is -0.384. The maximum Gasteiger partial charge on any atom is 0.291 e. The van der Waals surface area contributed by atoms with E-state index in [9.17, 15) is 14.9 Å². The normalized spacial score (nSPS) is 10.6. The predicted octanol–water partition coefficient (Wildman–Crippen LogP) is 6.07. The standard InChI is InChI=1S/C17H9Cl3N2O4/c18-9-1-3-12(19)11(7-9)15-5-6-16(26-15)17(23)21-14-4-2-10(22(24)25)8-13(14)20/h1-8H,(H,21,23). The number of nitro groups is 1. The first kappa shape index (κ1) is 18.3. The molecule has 0 radical (unpaired) electrons. The highest BCUT2D eigenvalue weighted by Gasteiger charge is 2.17. The second kappa shape index (κ2) is 7.37. The Kier molecular flexibility index (Phi) is 5.18. The molecule has 1 amide bonds. The Bertz CT molecular complexity index is 1020. The number of hydrogen-bond donors (Lipinski definition) is 1. The Labute approximate surface area is 162 Å². The van der Waals surface area contributed by atoms with Crippen molar-refractivity contribution in [3.8, 4) is 11.3 Å². The van der Waals surface area contributed by atoms with Gasteiger partial charge in [0.1, 0.15) is 5.76 Å². The number of anilines is 1.